The molecule has 1 aromatic rings. The predicted molar refractivity (Wildman–Crippen MR) is 60.1 cm³/mol. The number of carbonyl (C=O) groups is 1. The first-order valence-corrected chi connectivity index (χ1v) is 5.28. The highest BCUT2D eigenvalue weighted by Gasteiger charge is 2.25. The van der Waals surface area contributed by atoms with Crippen LogP contribution in [0.1, 0.15) is 16.8 Å². The Morgan fingerprint density at radius 2 is 2.00 bits per heavy atom. The van der Waals surface area contributed by atoms with E-state index in [1.54, 1.807) is 37.3 Å². The lowest BCUT2D eigenvalue weighted by molar-refractivity contribution is 0.0647. The number of rotatable bonds is 3. The van der Waals surface area contributed by atoms with E-state index in [1.165, 1.54) is 0 Å². The van der Waals surface area contributed by atoms with Crippen LogP contribution < -0.4 is 9.47 Å². The van der Waals surface area contributed by atoms with Crippen LogP contribution >= 0.6 is 0 Å². The first-order chi connectivity index (χ1) is 7.77. The van der Waals surface area contributed by atoms with Crippen LogP contribution in [0.5, 0.6) is 11.5 Å². The fraction of sp³-hybridized carbons (Fsp3) is 0.417. The third kappa shape index (κ3) is 1.71. The Morgan fingerprint density at radius 3 is 2.50 bits per heavy atom. The third-order valence-electron chi connectivity index (χ3n) is 2.78. The minimum absolute atomic E-state index is 0.0157. The summed E-state index contributed by atoms with van der Waals surface area (Å²) in [6, 6.07) is 5.35. The van der Waals surface area contributed by atoms with Crippen LogP contribution in [0, 0.1) is 0 Å². The quantitative estimate of drug-likeness (QED) is 0.777. The SMILES string of the molecule is COc1cccc(C(=O)N2CCC2)c1OC. The van der Waals surface area contributed by atoms with Gasteiger partial charge in [-0.15, -0.1) is 0 Å². The van der Waals surface area contributed by atoms with Crippen molar-refractivity contribution in [3.8, 4) is 11.5 Å². The lowest BCUT2D eigenvalue weighted by Gasteiger charge is -2.31. The van der Waals surface area contributed by atoms with E-state index in [0.717, 1.165) is 19.5 Å². The molecule has 1 aliphatic heterocycles. The van der Waals surface area contributed by atoms with E-state index in [-0.39, 0.29) is 5.91 Å². The molecule has 0 saturated carbocycles. The van der Waals surface area contributed by atoms with Gasteiger partial charge in [-0.25, -0.2) is 0 Å². The Kier molecular flexibility index (Phi) is 2.99. The van der Waals surface area contributed by atoms with Gasteiger partial charge in [0.1, 0.15) is 0 Å². The van der Waals surface area contributed by atoms with E-state index in [0.29, 0.717) is 17.1 Å². The zero-order valence-electron chi connectivity index (χ0n) is 9.53. The second-order valence-electron chi connectivity index (χ2n) is 3.69. The zero-order chi connectivity index (χ0) is 11.5. The van der Waals surface area contributed by atoms with Crippen molar-refractivity contribution >= 4 is 5.91 Å². The van der Waals surface area contributed by atoms with Crippen LogP contribution in [0.3, 0.4) is 0 Å². The Labute approximate surface area is 94.8 Å². The van der Waals surface area contributed by atoms with Gasteiger partial charge < -0.3 is 14.4 Å². The van der Waals surface area contributed by atoms with Crippen molar-refractivity contribution in [3.05, 3.63) is 23.8 Å². The highest BCUT2D eigenvalue weighted by molar-refractivity contribution is 5.98. The molecule has 0 unspecified atom stereocenters. The summed E-state index contributed by atoms with van der Waals surface area (Å²) in [4.78, 5) is 13.9. The summed E-state index contributed by atoms with van der Waals surface area (Å²) in [7, 11) is 3.11. The van der Waals surface area contributed by atoms with E-state index < -0.39 is 0 Å². The number of nitrogens with zero attached hydrogens (tertiary/aromatic N) is 1. The van der Waals surface area contributed by atoms with Gasteiger partial charge in [0.15, 0.2) is 11.5 Å². The highest BCUT2D eigenvalue weighted by atomic mass is 16.5. The Hall–Kier alpha value is -1.71. The molecule has 1 aliphatic rings. The van der Waals surface area contributed by atoms with Crippen LogP contribution in [-0.2, 0) is 0 Å². The Balaban J connectivity index is 2.34. The number of ether oxygens (including phenoxy) is 2. The molecule has 4 nitrogen and oxygen atoms in total. The van der Waals surface area contributed by atoms with Crippen molar-refractivity contribution in [1.82, 2.24) is 4.90 Å². The van der Waals surface area contributed by atoms with Crippen LogP contribution in [0.4, 0.5) is 0 Å². The first-order valence-electron chi connectivity index (χ1n) is 5.28. The van der Waals surface area contributed by atoms with Crippen molar-refractivity contribution in [3.63, 3.8) is 0 Å². The molecule has 1 aromatic carbocycles. The zero-order valence-corrected chi connectivity index (χ0v) is 9.53. The number of methoxy groups -OCH3 is 2. The Bertz CT molecular complexity index is 399. The normalized spacial score (nSPS) is 14.2. The summed E-state index contributed by atoms with van der Waals surface area (Å²) in [5.41, 5.74) is 0.571. The average Bonchev–Trinajstić information content (AvgIpc) is 2.25. The summed E-state index contributed by atoms with van der Waals surface area (Å²) in [6.45, 7) is 1.67. The maximum atomic E-state index is 12.1. The van der Waals surface area contributed by atoms with Gasteiger partial charge in [-0.3, -0.25) is 4.79 Å². The molecule has 86 valence electrons. The smallest absolute Gasteiger partial charge is 0.257 e. The van der Waals surface area contributed by atoms with Crippen LogP contribution in [-0.4, -0.2) is 38.1 Å². The van der Waals surface area contributed by atoms with E-state index in [1.807, 2.05) is 0 Å². The molecule has 0 radical (unpaired) electrons. The van der Waals surface area contributed by atoms with Gasteiger partial charge in [0.05, 0.1) is 19.8 Å². The largest absolute Gasteiger partial charge is 0.493 e. The van der Waals surface area contributed by atoms with E-state index >= 15 is 0 Å². The van der Waals surface area contributed by atoms with Crippen LogP contribution in [0.25, 0.3) is 0 Å². The maximum Gasteiger partial charge on any atom is 0.257 e. The lowest BCUT2D eigenvalue weighted by atomic mass is 10.1. The second kappa shape index (κ2) is 4.43. The van der Waals surface area contributed by atoms with Crippen molar-refractivity contribution < 1.29 is 14.3 Å². The fourth-order valence-electron chi connectivity index (χ4n) is 1.75. The van der Waals surface area contributed by atoms with Crippen molar-refractivity contribution in [2.75, 3.05) is 27.3 Å². The van der Waals surface area contributed by atoms with Crippen molar-refractivity contribution in [2.45, 2.75) is 6.42 Å². The molecule has 0 aliphatic carbocycles. The number of para-hydroxylation sites is 1. The van der Waals surface area contributed by atoms with Gasteiger partial charge in [0.25, 0.3) is 5.91 Å². The number of hydrogen-bond acceptors (Lipinski definition) is 3. The molecule has 16 heavy (non-hydrogen) atoms. The molecule has 0 N–H and O–H groups in total. The monoisotopic (exact) mass is 221 g/mol. The molecular weight excluding hydrogens is 206 g/mol. The molecule has 0 aromatic heterocycles. The molecule has 1 heterocycles. The van der Waals surface area contributed by atoms with Gasteiger partial charge >= 0.3 is 0 Å². The fourth-order valence-corrected chi connectivity index (χ4v) is 1.75. The van der Waals surface area contributed by atoms with Crippen molar-refractivity contribution in [2.24, 2.45) is 0 Å². The first kappa shape index (κ1) is 10.8. The Morgan fingerprint density at radius 1 is 1.25 bits per heavy atom. The van der Waals surface area contributed by atoms with E-state index in [2.05, 4.69) is 0 Å². The standard InChI is InChI=1S/C12H15NO3/c1-15-10-6-3-5-9(11(10)16-2)12(14)13-7-4-8-13/h3,5-6H,4,7-8H2,1-2H3. The number of likely N-dealkylation sites (tertiary alicyclic amines) is 1. The van der Waals surface area contributed by atoms with E-state index in [9.17, 15) is 4.79 Å². The molecular formula is C12H15NO3. The van der Waals surface area contributed by atoms with E-state index in [4.69, 9.17) is 9.47 Å². The predicted octanol–water partition coefficient (Wildman–Crippen LogP) is 1.55. The van der Waals surface area contributed by atoms with Gasteiger partial charge in [0, 0.05) is 13.1 Å². The molecule has 0 bridgehead atoms. The lowest BCUT2D eigenvalue weighted by Crippen LogP contribution is -2.42. The summed E-state index contributed by atoms with van der Waals surface area (Å²) in [6.07, 6.45) is 1.08. The number of carbonyl (C=O) groups excluding carboxylic acids is 1. The topological polar surface area (TPSA) is 38.8 Å². The summed E-state index contributed by atoms with van der Waals surface area (Å²) < 4.78 is 10.4. The minimum Gasteiger partial charge on any atom is -0.493 e. The molecule has 0 spiro atoms. The highest BCUT2D eigenvalue weighted by Crippen LogP contribution is 2.32. The molecule has 0 atom stereocenters. The van der Waals surface area contributed by atoms with Crippen LogP contribution in [0.2, 0.25) is 0 Å². The molecule has 1 saturated heterocycles. The number of hydrogen-bond donors (Lipinski definition) is 0. The molecule has 1 amide bonds. The molecule has 4 heteroatoms. The van der Waals surface area contributed by atoms with Crippen molar-refractivity contribution in [1.29, 1.82) is 0 Å². The summed E-state index contributed by atoms with van der Waals surface area (Å²) >= 11 is 0. The second-order valence-corrected chi connectivity index (χ2v) is 3.69. The number of benzene rings is 1. The summed E-state index contributed by atoms with van der Waals surface area (Å²) in [5.74, 6) is 1.12. The van der Waals surface area contributed by atoms with Gasteiger partial charge in [0.2, 0.25) is 0 Å². The average molecular weight is 221 g/mol. The minimum atomic E-state index is 0.0157. The summed E-state index contributed by atoms with van der Waals surface area (Å²) in [5, 5.41) is 0. The number of amides is 1. The van der Waals surface area contributed by atoms with Gasteiger partial charge in [-0.2, -0.15) is 0 Å². The maximum absolute atomic E-state index is 12.1. The molecule has 1 fully saturated rings. The third-order valence-corrected chi connectivity index (χ3v) is 2.78. The van der Waals surface area contributed by atoms with Gasteiger partial charge in [-0.1, -0.05) is 6.07 Å². The molecule has 2 rings (SSSR count). The van der Waals surface area contributed by atoms with Crippen LogP contribution in [0.15, 0.2) is 18.2 Å². The van der Waals surface area contributed by atoms with Gasteiger partial charge in [-0.05, 0) is 18.6 Å².